The van der Waals surface area contributed by atoms with Gasteiger partial charge in [-0.2, -0.15) is 0 Å². The molecule has 20 heavy (non-hydrogen) atoms. The van der Waals surface area contributed by atoms with Gasteiger partial charge in [-0.15, -0.1) is 0 Å². The average molecular weight is 279 g/mol. The minimum atomic E-state index is -0.219. The Morgan fingerprint density at radius 1 is 1.45 bits per heavy atom. The van der Waals surface area contributed by atoms with Crippen LogP contribution in [0, 0.1) is 0 Å². The summed E-state index contributed by atoms with van der Waals surface area (Å²) >= 11 is 0. The zero-order valence-corrected chi connectivity index (χ0v) is 11.8. The molecule has 0 aliphatic heterocycles. The highest BCUT2D eigenvalue weighted by Crippen LogP contribution is 2.13. The number of methoxy groups -OCH3 is 2. The van der Waals surface area contributed by atoms with Crippen LogP contribution in [0.3, 0.4) is 0 Å². The second-order valence-electron chi connectivity index (χ2n) is 4.28. The standard InChI is InChI=1S/C15H21NO4/c1-19-11-13(8-9-17)16-15(18)7-6-12-4-3-5-14(10-12)20-2/h3-7,10,13,17H,8-9,11H2,1-2H3,(H,16,18)/b7-6+. The van der Waals surface area contributed by atoms with E-state index in [9.17, 15) is 4.79 Å². The molecule has 1 unspecified atom stereocenters. The summed E-state index contributed by atoms with van der Waals surface area (Å²) < 4.78 is 10.1. The molecule has 0 aliphatic rings. The number of hydrogen-bond acceptors (Lipinski definition) is 4. The van der Waals surface area contributed by atoms with Crippen LogP contribution < -0.4 is 10.1 Å². The Morgan fingerprint density at radius 3 is 2.90 bits per heavy atom. The Morgan fingerprint density at radius 2 is 2.25 bits per heavy atom. The molecule has 1 aromatic carbocycles. The van der Waals surface area contributed by atoms with Gasteiger partial charge >= 0.3 is 0 Å². The van der Waals surface area contributed by atoms with E-state index in [1.807, 2.05) is 24.3 Å². The molecular weight excluding hydrogens is 258 g/mol. The Balaban J connectivity index is 2.57. The molecule has 0 heterocycles. The van der Waals surface area contributed by atoms with Gasteiger partial charge < -0.3 is 19.9 Å². The first-order valence-electron chi connectivity index (χ1n) is 6.42. The molecule has 0 bridgehead atoms. The van der Waals surface area contributed by atoms with Gasteiger partial charge in [-0.1, -0.05) is 12.1 Å². The minimum Gasteiger partial charge on any atom is -0.497 e. The van der Waals surface area contributed by atoms with Crippen LogP contribution in [0.5, 0.6) is 5.75 Å². The molecule has 0 saturated carbocycles. The third-order valence-electron chi connectivity index (χ3n) is 2.71. The first-order chi connectivity index (χ1) is 9.69. The van der Waals surface area contributed by atoms with Crippen LogP contribution >= 0.6 is 0 Å². The molecule has 2 N–H and O–H groups in total. The number of hydrogen-bond donors (Lipinski definition) is 2. The predicted octanol–water partition coefficient (Wildman–Crippen LogP) is 1.22. The maximum atomic E-state index is 11.8. The van der Waals surface area contributed by atoms with E-state index < -0.39 is 0 Å². The summed E-state index contributed by atoms with van der Waals surface area (Å²) in [7, 11) is 3.16. The van der Waals surface area contributed by atoms with Crippen LogP contribution in [-0.2, 0) is 9.53 Å². The normalized spacial score (nSPS) is 12.3. The Labute approximate surface area is 119 Å². The van der Waals surface area contributed by atoms with Crippen molar-refractivity contribution in [3.63, 3.8) is 0 Å². The van der Waals surface area contributed by atoms with Crippen molar-refractivity contribution in [3.8, 4) is 5.75 Å². The Bertz CT molecular complexity index is 439. The van der Waals surface area contributed by atoms with Crippen molar-refractivity contribution < 1.29 is 19.4 Å². The van der Waals surface area contributed by atoms with Crippen molar-refractivity contribution in [3.05, 3.63) is 35.9 Å². The second-order valence-corrected chi connectivity index (χ2v) is 4.28. The molecule has 1 aromatic rings. The van der Waals surface area contributed by atoms with Crippen molar-refractivity contribution in [1.82, 2.24) is 5.32 Å². The van der Waals surface area contributed by atoms with E-state index in [2.05, 4.69) is 5.32 Å². The monoisotopic (exact) mass is 279 g/mol. The van der Waals surface area contributed by atoms with Crippen LogP contribution in [0.2, 0.25) is 0 Å². The SMILES string of the molecule is COCC(CCO)NC(=O)/C=C/c1cccc(OC)c1. The quantitative estimate of drug-likeness (QED) is 0.702. The molecule has 1 atom stereocenters. The van der Waals surface area contributed by atoms with Crippen LogP contribution in [0.25, 0.3) is 6.08 Å². The number of aliphatic hydroxyl groups excluding tert-OH is 1. The van der Waals surface area contributed by atoms with Gasteiger partial charge in [-0.25, -0.2) is 0 Å². The van der Waals surface area contributed by atoms with Gasteiger partial charge in [-0.3, -0.25) is 4.79 Å². The summed E-state index contributed by atoms with van der Waals surface area (Å²) in [5, 5.41) is 11.7. The van der Waals surface area contributed by atoms with Gasteiger partial charge in [0.2, 0.25) is 5.91 Å². The molecule has 0 radical (unpaired) electrons. The van der Waals surface area contributed by atoms with Gasteiger partial charge in [0.25, 0.3) is 0 Å². The molecule has 5 nitrogen and oxygen atoms in total. The van der Waals surface area contributed by atoms with E-state index in [4.69, 9.17) is 14.6 Å². The van der Waals surface area contributed by atoms with Crippen molar-refractivity contribution in [2.45, 2.75) is 12.5 Å². The number of carbonyl (C=O) groups excluding carboxylic acids is 1. The lowest BCUT2D eigenvalue weighted by molar-refractivity contribution is -0.117. The van der Waals surface area contributed by atoms with E-state index >= 15 is 0 Å². The van der Waals surface area contributed by atoms with Gasteiger partial charge in [0.05, 0.1) is 19.8 Å². The van der Waals surface area contributed by atoms with Crippen LogP contribution in [0.1, 0.15) is 12.0 Å². The topological polar surface area (TPSA) is 67.8 Å². The van der Waals surface area contributed by atoms with Gasteiger partial charge in [0.1, 0.15) is 5.75 Å². The highest BCUT2D eigenvalue weighted by molar-refractivity contribution is 5.91. The molecule has 0 aromatic heterocycles. The number of ether oxygens (including phenoxy) is 2. The molecule has 0 fully saturated rings. The highest BCUT2D eigenvalue weighted by Gasteiger charge is 2.09. The second kappa shape index (κ2) is 9.12. The van der Waals surface area contributed by atoms with Crippen molar-refractivity contribution in [1.29, 1.82) is 0 Å². The average Bonchev–Trinajstić information content (AvgIpc) is 2.46. The third-order valence-corrected chi connectivity index (χ3v) is 2.71. The van der Waals surface area contributed by atoms with Crippen molar-refractivity contribution in [2.75, 3.05) is 27.4 Å². The summed E-state index contributed by atoms with van der Waals surface area (Å²) in [6.45, 7) is 0.382. The van der Waals surface area contributed by atoms with Gasteiger partial charge in [0.15, 0.2) is 0 Å². The lowest BCUT2D eigenvalue weighted by atomic mass is 10.2. The fraction of sp³-hybridized carbons (Fsp3) is 0.400. The fourth-order valence-corrected chi connectivity index (χ4v) is 1.72. The first-order valence-corrected chi connectivity index (χ1v) is 6.42. The Hall–Kier alpha value is -1.85. The van der Waals surface area contributed by atoms with Crippen LogP contribution in [-0.4, -0.2) is 44.5 Å². The molecular formula is C15H21NO4. The van der Waals surface area contributed by atoms with E-state index in [1.165, 1.54) is 6.08 Å². The van der Waals surface area contributed by atoms with Gasteiger partial charge in [0, 0.05) is 19.8 Å². The molecule has 0 saturated heterocycles. The summed E-state index contributed by atoms with van der Waals surface area (Å²) in [6, 6.07) is 7.23. The lowest BCUT2D eigenvalue weighted by Crippen LogP contribution is -2.37. The first kappa shape index (κ1) is 16.2. The molecule has 5 heteroatoms. The number of benzene rings is 1. The van der Waals surface area contributed by atoms with E-state index in [1.54, 1.807) is 20.3 Å². The number of nitrogens with one attached hydrogen (secondary N) is 1. The van der Waals surface area contributed by atoms with Crippen molar-refractivity contribution >= 4 is 12.0 Å². The lowest BCUT2D eigenvalue weighted by Gasteiger charge is -2.15. The Kier molecular flexibility index (Phi) is 7.39. The highest BCUT2D eigenvalue weighted by atomic mass is 16.5. The smallest absolute Gasteiger partial charge is 0.244 e. The molecule has 0 aliphatic carbocycles. The van der Waals surface area contributed by atoms with Crippen LogP contribution in [0.15, 0.2) is 30.3 Å². The number of aliphatic hydroxyl groups is 1. The van der Waals surface area contributed by atoms with E-state index in [0.29, 0.717) is 13.0 Å². The molecule has 0 spiro atoms. The zero-order chi connectivity index (χ0) is 14.8. The van der Waals surface area contributed by atoms with Gasteiger partial charge in [-0.05, 0) is 30.2 Å². The summed E-state index contributed by atoms with van der Waals surface area (Å²) in [6.07, 6.45) is 3.63. The molecule has 1 amide bonds. The minimum absolute atomic E-state index is 0.00784. The summed E-state index contributed by atoms with van der Waals surface area (Å²) in [5.41, 5.74) is 0.880. The van der Waals surface area contributed by atoms with Crippen LogP contribution in [0.4, 0.5) is 0 Å². The summed E-state index contributed by atoms with van der Waals surface area (Å²) in [4.78, 5) is 11.8. The number of amides is 1. The zero-order valence-electron chi connectivity index (χ0n) is 11.8. The largest absolute Gasteiger partial charge is 0.497 e. The van der Waals surface area contributed by atoms with E-state index in [0.717, 1.165) is 11.3 Å². The summed E-state index contributed by atoms with van der Waals surface area (Å²) in [5.74, 6) is 0.522. The molecule has 1 rings (SSSR count). The number of rotatable bonds is 8. The predicted molar refractivity (Wildman–Crippen MR) is 77.5 cm³/mol. The maximum Gasteiger partial charge on any atom is 0.244 e. The maximum absolute atomic E-state index is 11.8. The van der Waals surface area contributed by atoms with E-state index in [-0.39, 0.29) is 18.6 Å². The van der Waals surface area contributed by atoms with Crippen molar-refractivity contribution in [2.24, 2.45) is 0 Å². The third kappa shape index (κ3) is 5.86. The number of carbonyl (C=O) groups is 1. The fourth-order valence-electron chi connectivity index (χ4n) is 1.72. The molecule has 110 valence electrons.